The second kappa shape index (κ2) is 6.40. The van der Waals surface area contributed by atoms with E-state index in [-0.39, 0.29) is 0 Å². The van der Waals surface area contributed by atoms with Gasteiger partial charge < -0.3 is 0 Å². The van der Waals surface area contributed by atoms with Crippen molar-refractivity contribution in [3.8, 4) is 22.3 Å². The van der Waals surface area contributed by atoms with E-state index in [4.69, 9.17) is 0 Å². The molecule has 4 aromatic carbocycles. The lowest BCUT2D eigenvalue weighted by Crippen LogP contribution is -1.86. The van der Waals surface area contributed by atoms with Crippen LogP contribution < -0.4 is 0 Å². The van der Waals surface area contributed by atoms with Crippen LogP contribution in [0.15, 0.2) is 84.9 Å². The van der Waals surface area contributed by atoms with Crippen molar-refractivity contribution in [1.29, 1.82) is 0 Å². The van der Waals surface area contributed by atoms with Crippen LogP contribution in [-0.4, -0.2) is 0 Å². The van der Waals surface area contributed by atoms with Crippen molar-refractivity contribution in [3.05, 3.63) is 94.1 Å². The lowest BCUT2D eigenvalue weighted by atomic mass is 9.92. The van der Waals surface area contributed by atoms with Crippen LogP contribution in [0.25, 0.3) is 33.0 Å². The van der Waals surface area contributed by atoms with Crippen molar-refractivity contribution in [2.45, 2.75) is 6.92 Å². The fraction of sp³-hybridized carbons (Fsp3) is 0.0435. The van der Waals surface area contributed by atoms with Crippen LogP contribution in [-0.2, 0) is 0 Å². The summed E-state index contributed by atoms with van der Waals surface area (Å²) in [6.07, 6.45) is 0. The molecule has 0 aromatic heterocycles. The molecule has 0 radical (unpaired) electrons. The summed E-state index contributed by atoms with van der Waals surface area (Å²) < 4.78 is 1.26. The largest absolute Gasteiger partial charge is 0.0616 e. The molecule has 0 saturated heterocycles. The van der Waals surface area contributed by atoms with E-state index in [1.54, 1.807) is 0 Å². The first-order valence-electron chi connectivity index (χ1n) is 8.07. The molecular weight excluding hydrogens is 403 g/mol. The molecule has 0 fully saturated rings. The Kier molecular flexibility index (Phi) is 4.11. The molecule has 0 saturated carbocycles. The molecule has 0 aliphatic heterocycles. The third-order valence-electron chi connectivity index (χ3n) is 4.44. The third kappa shape index (κ3) is 2.84. The molecule has 4 rings (SSSR count). The predicted molar refractivity (Wildman–Crippen MR) is 112 cm³/mol. The second-order valence-electron chi connectivity index (χ2n) is 6.08. The summed E-state index contributed by atoms with van der Waals surface area (Å²) in [5, 5.41) is 2.61. The van der Waals surface area contributed by atoms with Crippen LogP contribution >= 0.6 is 22.6 Å². The number of hydrogen-bond acceptors (Lipinski definition) is 0. The third-order valence-corrected chi connectivity index (χ3v) is 5.16. The smallest absolute Gasteiger partial charge is 0.0130 e. The topological polar surface area (TPSA) is 0 Å². The quantitative estimate of drug-likeness (QED) is 0.304. The summed E-state index contributed by atoms with van der Waals surface area (Å²) in [7, 11) is 0. The molecule has 0 unspecified atom stereocenters. The van der Waals surface area contributed by atoms with E-state index < -0.39 is 0 Å². The first-order chi connectivity index (χ1) is 11.7. The summed E-state index contributed by atoms with van der Waals surface area (Å²) in [5.41, 5.74) is 6.41. The number of halogens is 1. The highest BCUT2D eigenvalue weighted by molar-refractivity contribution is 14.1. The van der Waals surface area contributed by atoms with E-state index >= 15 is 0 Å². The fourth-order valence-corrected chi connectivity index (χ4v) is 3.52. The van der Waals surface area contributed by atoms with Gasteiger partial charge in [-0.3, -0.25) is 0 Å². The van der Waals surface area contributed by atoms with E-state index in [0.29, 0.717) is 0 Å². The van der Waals surface area contributed by atoms with Crippen molar-refractivity contribution >= 4 is 33.4 Å². The van der Waals surface area contributed by atoms with Gasteiger partial charge in [-0.1, -0.05) is 78.4 Å². The SMILES string of the molecule is Cc1ccc(-c2ccc(-c3ccc(I)cc3)c3ccccc23)cc1. The monoisotopic (exact) mass is 420 g/mol. The lowest BCUT2D eigenvalue weighted by molar-refractivity contribution is 1.47. The molecule has 24 heavy (non-hydrogen) atoms. The van der Waals surface area contributed by atoms with Gasteiger partial charge in [-0.25, -0.2) is 0 Å². The van der Waals surface area contributed by atoms with Crippen molar-refractivity contribution in [2.75, 3.05) is 0 Å². The van der Waals surface area contributed by atoms with Crippen LogP contribution in [0.4, 0.5) is 0 Å². The van der Waals surface area contributed by atoms with Crippen molar-refractivity contribution < 1.29 is 0 Å². The zero-order valence-electron chi connectivity index (χ0n) is 13.5. The Balaban J connectivity index is 1.95. The summed E-state index contributed by atoms with van der Waals surface area (Å²) >= 11 is 2.35. The Bertz CT molecular complexity index is 912. The van der Waals surface area contributed by atoms with Crippen LogP contribution in [0.5, 0.6) is 0 Å². The predicted octanol–water partition coefficient (Wildman–Crippen LogP) is 7.09. The molecule has 0 spiro atoms. The van der Waals surface area contributed by atoms with E-state index in [2.05, 4.69) is 114 Å². The highest BCUT2D eigenvalue weighted by atomic mass is 127. The van der Waals surface area contributed by atoms with Gasteiger partial charge >= 0.3 is 0 Å². The number of rotatable bonds is 2. The molecule has 0 aliphatic carbocycles. The zero-order valence-corrected chi connectivity index (χ0v) is 15.6. The van der Waals surface area contributed by atoms with Gasteiger partial charge in [0.2, 0.25) is 0 Å². The Morgan fingerprint density at radius 1 is 0.542 bits per heavy atom. The molecule has 0 bridgehead atoms. The minimum absolute atomic E-state index is 1.26. The van der Waals surface area contributed by atoms with Crippen LogP contribution in [0.2, 0.25) is 0 Å². The number of aryl methyl sites for hydroxylation is 1. The van der Waals surface area contributed by atoms with Gasteiger partial charge in [0, 0.05) is 3.57 Å². The maximum absolute atomic E-state index is 2.35. The minimum atomic E-state index is 1.26. The molecular formula is C23H17I. The molecule has 0 atom stereocenters. The molecule has 0 heterocycles. The second-order valence-corrected chi connectivity index (χ2v) is 7.32. The van der Waals surface area contributed by atoms with Gasteiger partial charge in [0.05, 0.1) is 0 Å². The maximum Gasteiger partial charge on any atom is 0.0130 e. The molecule has 4 aromatic rings. The van der Waals surface area contributed by atoms with Crippen molar-refractivity contribution in [2.24, 2.45) is 0 Å². The zero-order chi connectivity index (χ0) is 16.5. The highest BCUT2D eigenvalue weighted by Crippen LogP contribution is 2.35. The molecule has 1 heteroatoms. The van der Waals surface area contributed by atoms with Gasteiger partial charge in [0.1, 0.15) is 0 Å². The van der Waals surface area contributed by atoms with Crippen LogP contribution in [0.3, 0.4) is 0 Å². The number of benzene rings is 4. The standard InChI is InChI=1S/C23H17I/c1-16-6-8-17(9-7-16)20-14-15-21(18-10-12-19(24)13-11-18)23-5-3-2-4-22(20)23/h2-15H,1H3. The van der Waals surface area contributed by atoms with Gasteiger partial charge in [-0.15, -0.1) is 0 Å². The first-order valence-corrected chi connectivity index (χ1v) is 9.15. The summed E-state index contributed by atoms with van der Waals surface area (Å²) in [4.78, 5) is 0. The minimum Gasteiger partial charge on any atom is -0.0616 e. The fourth-order valence-electron chi connectivity index (χ4n) is 3.17. The van der Waals surface area contributed by atoms with E-state index in [1.165, 1.54) is 42.2 Å². The molecule has 0 amide bonds. The highest BCUT2D eigenvalue weighted by Gasteiger charge is 2.09. The lowest BCUT2D eigenvalue weighted by Gasteiger charge is -2.12. The van der Waals surface area contributed by atoms with Gasteiger partial charge in [-0.05, 0) is 74.7 Å². The average molecular weight is 420 g/mol. The molecule has 0 N–H and O–H groups in total. The van der Waals surface area contributed by atoms with Gasteiger partial charge in [-0.2, -0.15) is 0 Å². The van der Waals surface area contributed by atoms with Crippen molar-refractivity contribution in [1.82, 2.24) is 0 Å². The first kappa shape index (κ1) is 15.4. The Labute approximate surface area is 156 Å². The van der Waals surface area contributed by atoms with Crippen LogP contribution in [0, 0.1) is 10.5 Å². The van der Waals surface area contributed by atoms with Crippen LogP contribution in [0.1, 0.15) is 5.56 Å². The number of hydrogen-bond donors (Lipinski definition) is 0. The Hall–Kier alpha value is -2.13. The van der Waals surface area contributed by atoms with E-state index in [9.17, 15) is 0 Å². The molecule has 0 nitrogen and oxygen atoms in total. The van der Waals surface area contributed by atoms with Gasteiger partial charge in [0.15, 0.2) is 0 Å². The van der Waals surface area contributed by atoms with E-state index in [0.717, 1.165) is 0 Å². The summed E-state index contributed by atoms with van der Waals surface area (Å²) in [6, 6.07) is 30.7. The van der Waals surface area contributed by atoms with Crippen molar-refractivity contribution in [3.63, 3.8) is 0 Å². The average Bonchev–Trinajstić information content (AvgIpc) is 2.62. The maximum atomic E-state index is 2.35. The number of fused-ring (bicyclic) bond motifs is 1. The Morgan fingerprint density at radius 2 is 1.00 bits per heavy atom. The summed E-state index contributed by atoms with van der Waals surface area (Å²) in [5.74, 6) is 0. The Morgan fingerprint density at radius 3 is 1.50 bits per heavy atom. The normalized spacial score (nSPS) is 10.9. The summed E-state index contributed by atoms with van der Waals surface area (Å²) in [6.45, 7) is 2.13. The molecule has 0 aliphatic rings. The molecule has 116 valence electrons. The van der Waals surface area contributed by atoms with E-state index in [1.807, 2.05) is 0 Å². The van der Waals surface area contributed by atoms with Gasteiger partial charge in [0.25, 0.3) is 0 Å².